The van der Waals surface area contributed by atoms with Crippen LogP contribution in [0.4, 0.5) is 4.79 Å². The van der Waals surface area contributed by atoms with Crippen molar-refractivity contribution < 1.29 is 53.4 Å². The molecule has 9 rings (SSSR count). The van der Waals surface area contributed by atoms with Crippen molar-refractivity contribution in [1.29, 1.82) is 0 Å². The Kier molecular flexibility index (Phi) is 17.6. The highest BCUT2D eigenvalue weighted by Gasteiger charge is 2.80. The van der Waals surface area contributed by atoms with Gasteiger partial charge in [-0.25, -0.2) is 9.69 Å². The van der Waals surface area contributed by atoms with Gasteiger partial charge in [-0.3, -0.25) is 19.3 Å². The molecule has 14 nitrogen and oxygen atoms in total. The minimum atomic E-state index is -1.63. The van der Waals surface area contributed by atoms with Crippen molar-refractivity contribution in [3.8, 4) is 11.8 Å². The number of amides is 3. The summed E-state index contributed by atoms with van der Waals surface area (Å²) >= 11 is 0. The van der Waals surface area contributed by atoms with E-state index in [4.69, 9.17) is 18.9 Å². The molecular weight excluding hydrogens is 891 g/mol. The molecule has 0 aromatic heterocycles. The average molecular weight is 978 g/mol. The monoisotopic (exact) mass is 978 g/mol. The number of esters is 1. The minimum Gasteiger partial charge on any atom is -0.459 e. The summed E-state index contributed by atoms with van der Waals surface area (Å²) in [4.78, 5) is 67.1. The molecule has 5 unspecified atom stereocenters. The lowest BCUT2D eigenvalue weighted by atomic mass is 9.55. The van der Waals surface area contributed by atoms with E-state index < -0.39 is 77.1 Å². The predicted molar refractivity (Wildman–Crippen MR) is 262 cm³/mol. The SMILES string of the molecule is COCCOC(=O)N1C(=O)[C@@]2(C3CC(C#CC4(O)CCCCCC4)CCC31)[C@H](C(=O)NC[C@H](O)C1CCCCC1)[C@H]1C(=O)O[C@H](C3CCCCC3)[C@H](C3CCCCC3)N1[C@@H]2C1CCCCC1OCCO. The minimum absolute atomic E-state index is 0.0112. The summed E-state index contributed by atoms with van der Waals surface area (Å²) in [6.07, 6.45) is 22.5. The van der Waals surface area contributed by atoms with E-state index in [0.717, 1.165) is 135 Å². The Morgan fingerprint density at radius 2 is 1.44 bits per heavy atom. The van der Waals surface area contributed by atoms with Crippen molar-refractivity contribution in [1.82, 2.24) is 15.1 Å². The summed E-state index contributed by atoms with van der Waals surface area (Å²) < 4.78 is 24.8. The first-order valence-electron chi connectivity index (χ1n) is 28.5. The summed E-state index contributed by atoms with van der Waals surface area (Å²) in [5, 5.41) is 37.0. The third kappa shape index (κ3) is 10.5. The number of ether oxygens (including phenoxy) is 4. The van der Waals surface area contributed by atoms with Crippen molar-refractivity contribution in [3.63, 3.8) is 0 Å². The molecule has 0 bridgehead atoms. The number of aliphatic hydroxyl groups is 3. The molecule has 9 fully saturated rings. The lowest BCUT2D eigenvalue weighted by molar-refractivity contribution is -0.193. The standard InChI is InChI=1S/C56H87N3O11/c1-67-33-34-69-54(65)58-43-26-25-37(27-30-55(66)28-15-2-3-16-29-55)35-42(43)56(53(58)64)46(51(62)57-36-44(61)38-17-7-4-8-18-38)48-52(63)70-49(40-21-11-6-12-22-40)47(39-19-9-5-10-20-39)59(48)50(56)41-23-13-14-24-45(41)68-32-31-60/h37-50,60-61,66H,2-26,28-29,31-36H2,1H3,(H,57,62)/t37?,41?,42?,43?,44-,45?,46-,47-,48-,49+,50+,56-/m0/s1. The van der Waals surface area contributed by atoms with E-state index in [2.05, 4.69) is 22.1 Å². The van der Waals surface area contributed by atoms with Gasteiger partial charge < -0.3 is 39.6 Å². The normalized spacial score (nSPS) is 37.1. The van der Waals surface area contributed by atoms with E-state index >= 15 is 14.4 Å². The Hall–Kier alpha value is -2.80. The zero-order valence-corrected chi connectivity index (χ0v) is 42.4. The maximum atomic E-state index is 16.8. The van der Waals surface area contributed by atoms with Crippen LogP contribution in [-0.4, -0.2) is 137 Å². The number of nitrogens with one attached hydrogen (secondary N) is 1. The lowest BCUT2D eigenvalue weighted by Crippen LogP contribution is -2.67. The van der Waals surface area contributed by atoms with Gasteiger partial charge in [0.15, 0.2) is 0 Å². The molecule has 1 spiro atoms. The van der Waals surface area contributed by atoms with Crippen LogP contribution in [0.2, 0.25) is 0 Å². The zero-order valence-electron chi connectivity index (χ0n) is 42.4. The van der Waals surface area contributed by atoms with Gasteiger partial charge in [0.25, 0.3) is 0 Å². The van der Waals surface area contributed by atoms with Gasteiger partial charge in [0.05, 0.1) is 49.4 Å². The molecule has 0 aromatic carbocycles. The molecule has 0 radical (unpaired) electrons. The van der Waals surface area contributed by atoms with Crippen LogP contribution in [0.25, 0.3) is 0 Å². The Morgan fingerprint density at radius 1 is 0.800 bits per heavy atom. The molecule has 9 aliphatic rings. The molecule has 6 saturated carbocycles. The maximum absolute atomic E-state index is 16.8. The van der Waals surface area contributed by atoms with Crippen LogP contribution in [0.5, 0.6) is 0 Å². The molecule has 392 valence electrons. The Morgan fingerprint density at radius 3 is 2.13 bits per heavy atom. The third-order valence-electron chi connectivity index (χ3n) is 19.4. The first kappa shape index (κ1) is 52.1. The van der Waals surface area contributed by atoms with Crippen molar-refractivity contribution in [2.45, 2.75) is 228 Å². The molecule has 3 saturated heterocycles. The van der Waals surface area contributed by atoms with Crippen LogP contribution in [0.15, 0.2) is 0 Å². The number of likely N-dealkylation sites (tertiary alicyclic amines) is 1. The molecule has 0 aromatic rings. The van der Waals surface area contributed by atoms with Gasteiger partial charge in [0.2, 0.25) is 11.8 Å². The number of fused-ring (bicyclic) bond motifs is 3. The number of hydrogen-bond acceptors (Lipinski definition) is 12. The van der Waals surface area contributed by atoms with Crippen LogP contribution in [-0.2, 0) is 33.3 Å². The Labute approximate surface area is 417 Å². The molecule has 4 N–H and O–H groups in total. The number of rotatable bonds is 13. The zero-order chi connectivity index (χ0) is 48.8. The first-order chi connectivity index (χ1) is 34.1. The van der Waals surface area contributed by atoms with Crippen LogP contribution in [0, 0.1) is 58.7 Å². The molecule has 70 heavy (non-hydrogen) atoms. The van der Waals surface area contributed by atoms with Crippen molar-refractivity contribution in [3.05, 3.63) is 0 Å². The van der Waals surface area contributed by atoms with Gasteiger partial charge in [0, 0.05) is 37.6 Å². The fourth-order valence-corrected chi connectivity index (χ4v) is 16.3. The number of hydrogen-bond donors (Lipinski definition) is 4. The van der Waals surface area contributed by atoms with Crippen LogP contribution >= 0.6 is 0 Å². The number of imide groups is 1. The molecule has 3 heterocycles. The van der Waals surface area contributed by atoms with Gasteiger partial charge >= 0.3 is 12.1 Å². The summed E-state index contributed by atoms with van der Waals surface area (Å²) in [6.45, 7) is 0.0190. The summed E-state index contributed by atoms with van der Waals surface area (Å²) in [6, 6.07) is -2.75. The van der Waals surface area contributed by atoms with Gasteiger partial charge in [-0.05, 0) is 120 Å². The topological polar surface area (TPSA) is 184 Å². The summed E-state index contributed by atoms with van der Waals surface area (Å²) in [7, 11) is 1.53. The van der Waals surface area contributed by atoms with E-state index in [0.29, 0.717) is 44.9 Å². The first-order valence-corrected chi connectivity index (χ1v) is 28.5. The molecular formula is C56H87N3O11. The number of cyclic esters (lactones) is 1. The van der Waals surface area contributed by atoms with Gasteiger partial charge in [-0.1, -0.05) is 95.3 Å². The van der Waals surface area contributed by atoms with E-state index in [1.165, 1.54) is 12.0 Å². The van der Waals surface area contributed by atoms with Crippen molar-refractivity contribution in [2.75, 3.05) is 40.1 Å². The van der Waals surface area contributed by atoms with E-state index in [1.54, 1.807) is 0 Å². The second-order valence-electron chi connectivity index (χ2n) is 23.4. The highest BCUT2D eigenvalue weighted by molar-refractivity contribution is 6.04. The fourth-order valence-electron chi connectivity index (χ4n) is 16.3. The third-order valence-corrected chi connectivity index (χ3v) is 19.4. The van der Waals surface area contributed by atoms with Crippen LogP contribution in [0.1, 0.15) is 180 Å². The molecule has 3 amide bonds. The van der Waals surface area contributed by atoms with E-state index in [9.17, 15) is 20.1 Å². The summed E-state index contributed by atoms with van der Waals surface area (Å²) in [5.74, 6) is 3.36. The van der Waals surface area contributed by atoms with E-state index in [1.807, 2.05) is 0 Å². The average Bonchev–Trinajstić information content (AvgIpc) is 3.72. The summed E-state index contributed by atoms with van der Waals surface area (Å²) in [5.41, 5.74) is -2.73. The highest BCUT2D eigenvalue weighted by Crippen LogP contribution is 2.66. The lowest BCUT2D eigenvalue weighted by Gasteiger charge is -2.54. The Bertz CT molecular complexity index is 1850. The number of aliphatic hydroxyl groups excluding tert-OH is 2. The quantitative estimate of drug-likeness (QED) is 0.0630. The molecule has 6 aliphatic carbocycles. The van der Waals surface area contributed by atoms with Gasteiger partial charge in [-0.15, -0.1) is 0 Å². The second-order valence-corrected chi connectivity index (χ2v) is 23.4. The number of nitrogens with zero attached hydrogens (tertiary/aromatic N) is 2. The predicted octanol–water partition coefficient (Wildman–Crippen LogP) is 7.22. The van der Waals surface area contributed by atoms with Crippen molar-refractivity contribution in [2.24, 2.45) is 46.8 Å². The van der Waals surface area contributed by atoms with Crippen molar-refractivity contribution >= 4 is 23.9 Å². The smallest absolute Gasteiger partial charge is 0.416 e. The second kappa shape index (κ2) is 23.6. The fraction of sp³-hybridized carbons (Fsp3) is 0.893. The van der Waals surface area contributed by atoms with Crippen LogP contribution < -0.4 is 5.32 Å². The number of carbonyl (C=O) groups excluding carboxylic acids is 4. The largest absolute Gasteiger partial charge is 0.459 e. The number of morpholine rings is 1. The van der Waals surface area contributed by atoms with Gasteiger partial charge in [0.1, 0.15) is 24.4 Å². The number of carbonyl (C=O) groups is 4. The highest BCUT2D eigenvalue weighted by atomic mass is 16.6. The number of methoxy groups -OCH3 is 1. The van der Waals surface area contributed by atoms with Crippen LogP contribution in [0.3, 0.4) is 0 Å². The van der Waals surface area contributed by atoms with E-state index in [-0.39, 0.29) is 74.7 Å². The van der Waals surface area contributed by atoms with Gasteiger partial charge in [-0.2, -0.15) is 0 Å². The molecule has 14 heteroatoms. The molecule has 12 atom stereocenters. The Balaban J connectivity index is 1.24. The molecule has 3 aliphatic heterocycles. The maximum Gasteiger partial charge on any atom is 0.416 e.